The Hall–Kier alpha value is -0.570. The van der Waals surface area contributed by atoms with E-state index in [2.05, 4.69) is 10.6 Å². The van der Waals surface area contributed by atoms with Gasteiger partial charge in [-0.3, -0.25) is 4.79 Å². The monoisotopic (exact) mass is 85.0 g/mol. The normalized spacial score (nSPS) is 21.0. The molecule has 0 saturated carbocycles. The molecule has 6 heavy (non-hydrogen) atoms. The van der Waals surface area contributed by atoms with Gasteiger partial charge in [-0.1, -0.05) is 0 Å². The molecule has 0 aromatic carbocycles. The fraction of sp³-hybridized carbons (Fsp3) is 0.333. The zero-order chi connectivity index (χ0) is 4.41. The van der Waals surface area contributed by atoms with Crippen molar-refractivity contribution in [1.29, 1.82) is 0 Å². The first-order valence-corrected chi connectivity index (χ1v) is 1.74. The number of carbonyl (C=O) groups excluding carboxylic acids is 1. The molecule has 0 unspecified atom stereocenters. The first-order valence-electron chi connectivity index (χ1n) is 1.74. The van der Waals surface area contributed by atoms with Crippen LogP contribution in [0.25, 0.3) is 0 Å². The number of amides is 1. The van der Waals surface area contributed by atoms with Crippen molar-refractivity contribution in [1.82, 2.24) is 10.6 Å². The highest BCUT2D eigenvalue weighted by atomic mass is 16.2. The van der Waals surface area contributed by atoms with Crippen molar-refractivity contribution in [2.24, 2.45) is 0 Å². The lowest BCUT2D eigenvalue weighted by atomic mass is 10.7. The summed E-state index contributed by atoms with van der Waals surface area (Å²) in [5.74, 6) is 0.0370. The minimum absolute atomic E-state index is 0.0370. The van der Waals surface area contributed by atoms with Gasteiger partial charge in [0, 0.05) is 6.54 Å². The summed E-state index contributed by atoms with van der Waals surface area (Å²) in [6, 6.07) is 0. The quantitative estimate of drug-likeness (QED) is 0.364. The van der Waals surface area contributed by atoms with Gasteiger partial charge in [0.2, 0.25) is 5.91 Å². The molecule has 2 N–H and O–H groups in total. The third kappa shape index (κ3) is 0.490. The Morgan fingerprint density at radius 3 is 2.83 bits per heavy atom. The molecule has 0 aromatic heterocycles. The van der Waals surface area contributed by atoms with Crippen molar-refractivity contribution in [2.75, 3.05) is 6.54 Å². The van der Waals surface area contributed by atoms with Crippen LogP contribution in [-0.2, 0) is 4.79 Å². The van der Waals surface area contributed by atoms with Crippen molar-refractivity contribution >= 4 is 5.91 Å². The van der Waals surface area contributed by atoms with E-state index >= 15 is 0 Å². The summed E-state index contributed by atoms with van der Waals surface area (Å²) in [4.78, 5) is 10.0. The standard InChI is InChI=1S/C3H5N2O/c6-3-1-4-2-5-3/h2,4H,1H2,(H,5,6)/q-1. The molecule has 0 atom stereocenters. The Morgan fingerprint density at radius 1 is 1.83 bits per heavy atom. The third-order valence-electron chi connectivity index (χ3n) is 0.598. The Labute approximate surface area is 35.7 Å². The number of hydrogen-bond donors (Lipinski definition) is 2. The molecule has 3 nitrogen and oxygen atoms in total. The van der Waals surface area contributed by atoms with Gasteiger partial charge in [0.05, 0.1) is 0 Å². The van der Waals surface area contributed by atoms with Crippen LogP contribution in [0.3, 0.4) is 0 Å². The first-order chi connectivity index (χ1) is 2.89. The molecule has 1 heterocycles. The van der Waals surface area contributed by atoms with Crippen molar-refractivity contribution in [3.8, 4) is 0 Å². The average Bonchev–Trinajstić information content (AvgIpc) is 1.86. The zero-order valence-corrected chi connectivity index (χ0v) is 3.19. The molecule has 0 aromatic rings. The molecule has 3 heteroatoms. The predicted octanol–water partition coefficient (Wildman–Crippen LogP) is -1.17. The molecule has 1 saturated heterocycles. The van der Waals surface area contributed by atoms with Crippen LogP contribution < -0.4 is 10.6 Å². The minimum atomic E-state index is 0.0370. The van der Waals surface area contributed by atoms with Gasteiger partial charge in [0.1, 0.15) is 0 Å². The second kappa shape index (κ2) is 1.26. The van der Waals surface area contributed by atoms with Gasteiger partial charge in [0.15, 0.2) is 0 Å². The van der Waals surface area contributed by atoms with E-state index in [0.29, 0.717) is 6.54 Å². The van der Waals surface area contributed by atoms with E-state index < -0.39 is 0 Å². The lowest BCUT2D eigenvalue weighted by Crippen LogP contribution is -2.12. The topological polar surface area (TPSA) is 41.1 Å². The SMILES string of the molecule is O=C1CN[CH-]N1. The van der Waals surface area contributed by atoms with E-state index in [-0.39, 0.29) is 5.91 Å². The molecule has 1 amide bonds. The van der Waals surface area contributed by atoms with Gasteiger partial charge < -0.3 is 10.6 Å². The van der Waals surface area contributed by atoms with E-state index in [1.54, 1.807) is 0 Å². The Morgan fingerprint density at radius 2 is 2.67 bits per heavy atom. The summed E-state index contributed by atoms with van der Waals surface area (Å²) in [5.41, 5.74) is 0. The summed E-state index contributed by atoms with van der Waals surface area (Å²) in [5, 5.41) is 5.13. The molecule has 1 rings (SSSR count). The highest BCUT2D eigenvalue weighted by Crippen LogP contribution is 1.72. The Bertz CT molecular complexity index is 63.2. The largest absolute Gasteiger partial charge is 0.491 e. The fourth-order valence-electron chi connectivity index (χ4n) is 0.326. The van der Waals surface area contributed by atoms with Gasteiger partial charge in [-0.25, -0.2) is 0 Å². The summed E-state index contributed by atoms with van der Waals surface area (Å²) < 4.78 is 0. The Balaban J connectivity index is 2.37. The lowest BCUT2D eigenvalue weighted by molar-refractivity contribution is -0.117. The molecule has 0 radical (unpaired) electrons. The molecule has 1 fully saturated rings. The zero-order valence-electron chi connectivity index (χ0n) is 3.19. The van der Waals surface area contributed by atoms with Crippen LogP contribution in [0.15, 0.2) is 0 Å². The molecule has 34 valence electrons. The molecular formula is C3H5N2O-. The number of carbonyl (C=O) groups is 1. The van der Waals surface area contributed by atoms with E-state index in [4.69, 9.17) is 0 Å². The first kappa shape index (κ1) is 3.61. The lowest BCUT2D eigenvalue weighted by Gasteiger charge is -1.95. The summed E-state index contributed by atoms with van der Waals surface area (Å²) in [6.07, 6.45) is 0. The fourth-order valence-corrected chi connectivity index (χ4v) is 0.326. The van der Waals surface area contributed by atoms with Crippen LogP contribution in [-0.4, -0.2) is 12.5 Å². The molecule has 0 bridgehead atoms. The number of rotatable bonds is 0. The van der Waals surface area contributed by atoms with E-state index in [1.165, 1.54) is 6.67 Å². The summed E-state index contributed by atoms with van der Waals surface area (Å²) in [6.45, 7) is 1.96. The van der Waals surface area contributed by atoms with Crippen LogP contribution >= 0.6 is 0 Å². The molecule has 0 spiro atoms. The van der Waals surface area contributed by atoms with Crippen molar-refractivity contribution in [3.63, 3.8) is 0 Å². The molecule has 1 aliphatic rings. The van der Waals surface area contributed by atoms with E-state index in [1.807, 2.05) is 0 Å². The van der Waals surface area contributed by atoms with Crippen molar-refractivity contribution < 1.29 is 4.79 Å². The van der Waals surface area contributed by atoms with Crippen LogP contribution in [0.4, 0.5) is 0 Å². The van der Waals surface area contributed by atoms with E-state index in [9.17, 15) is 4.79 Å². The third-order valence-corrected chi connectivity index (χ3v) is 0.598. The highest BCUT2D eigenvalue weighted by Gasteiger charge is 1.94. The predicted molar refractivity (Wildman–Crippen MR) is 20.4 cm³/mol. The van der Waals surface area contributed by atoms with Crippen molar-refractivity contribution in [2.45, 2.75) is 0 Å². The maximum atomic E-state index is 10.0. The van der Waals surface area contributed by atoms with Gasteiger partial charge in [0.25, 0.3) is 0 Å². The second-order valence-corrected chi connectivity index (χ2v) is 1.09. The summed E-state index contributed by atoms with van der Waals surface area (Å²) >= 11 is 0. The average molecular weight is 85.1 g/mol. The second-order valence-electron chi connectivity index (χ2n) is 1.09. The van der Waals surface area contributed by atoms with Gasteiger partial charge in [-0.2, -0.15) is 6.67 Å². The van der Waals surface area contributed by atoms with Crippen molar-refractivity contribution in [3.05, 3.63) is 6.67 Å². The van der Waals surface area contributed by atoms with Crippen LogP contribution in [0.2, 0.25) is 0 Å². The minimum Gasteiger partial charge on any atom is -0.491 e. The highest BCUT2D eigenvalue weighted by molar-refractivity contribution is 5.80. The number of hydrogen-bond acceptors (Lipinski definition) is 2. The maximum absolute atomic E-state index is 10.0. The smallest absolute Gasteiger partial charge is 0.203 e. The summed E-state index contributed by atoms with van der Waals surface area (Å²) in [7, 11) is 0. The van der Waals surface area contributed by atoms with Gasteiger partial charge in [-0.05, 0) is 0 Å². The molecule has 1 aliphatic heterocycles. The van der Waals surface area contributed by atoms with Gasteiger partial charge in [-0.15, -0.1) is 0 Å². The van der Waals surface area contributed by atoms with Crippen LogP contribution in [0, 0.1) is 6.67 Å². The number of nitrogens with one attached hydrogen (secondary N) is 2. The molecular weight excluding hydrogens is 80.0 g/mol. The molecule has 0 aliphatic carbocycles. The Kier molecular flexibility index (Phi) is 0.759. The maximum Gasteiger partial charge on any atom is 0.203 e. The van der Waals surface area contributed by atoms with Crippen LogP contribution in [0.5, 0.6) is 0 Å². The van der Waals surface area contributed by atoms with Crippen LogP contribution in [0.1, 0.15) is 0 Å². The van der Waals surface area contributed by atoms with E-state index in [0.717, 1.165) is 0 Å². The van der Waals surface area contributed by atoms with Gasteiger partial charge >= 0.3 is 0 Å².